The van der Waals surface area contributed by atoms with Crippen molar-refractivity contribution in [3.8, 4) is 11.1 Å². The Morgan fingerprint density at radius 2 is 1.23 bits per heavy atom. The first-order valence-corrected chi connectivity index (χ1v) is 10.1. The number of fused-ring (bicyclic) bond motifs is 5. The van der Waals surface area contributed by atoms with E-state index in [1.54, 1.807) is 0 Å². The molecule has 0 aliphatic rings. The Labute approximate surface area is 174 Å². The number of benzene rings is 5. The molecule has 0 aliphatic carbocycles. The molecular weight excluding hydrogens is 366 g/mol. The minimum absolute atomic E-state index is 0.922. The van der Waals surface area contributed by atoms with E-state index < -0.39 is 0 Å². The van der Waals surface area contributed by atoms with Gasteiger partial charge in [-0.15, -0.1) is 0 Å². The second-order valence-electron chi connectivity index (χ2n) is 7.52. The van der Waals surface area contributed by atoms with Crippen molar-refractivity contribution in [3.05, 3.63) is 109 Å². The van der Waals surface area contributed by atoms with Crippen molar-refractivity contribution in [2.75, 3.05) is 5.32 Å². The van der Waals surface area contributed by atoms with Gasteiger partial charge in [0, 0.05) is 33.1 Å². The summed E-state index contributed by atoms with van der Waals surface area (Å²) in [6.45, 7) is 0. The lowest BCUT2D eigenvalue weighted by Gasteiger charge is -2.10. The predicted octanol–water partition coefficient (Wildman–Crippen LogP) is 8.15. The summed E-state index contributed by atoms with van der Waals surface area (Å²) < 4.78 is 6.53. The highest BCUT2D eigenvalue weighted by atomic mass is 16.3. The standard InChI is InChI=1S/C28H19NO/c1-3-9-19(10-4-1)25-17-22(29-21-12-5-2-6-13-21)18-26-24-16-15-20-11-7-8-14-23(20)27(24)30-28(25)26/h1-18,29H. The third-order valence-corrected chi connectivity index (χ3v) is 5.61. The lowest BCUT2D eigenvalue weighted by Crippen LogP contribution is -1.91. The molecule has 0 spiro atoms. The van der Waals surface area contributed by atoms with Crippen LogP contribution in [0.5, 0.6) is 0 Å². The molecule has 2 nitrogen and oxygen atoms in total. The number of rotatable bonds is 3. The number of hydrogen-bond acceptors (Lipinski definition) is 2. The van der Waals surface area contributed by atoms with E-state index in [0.29, 0.717) is 0 Å². The van der Waals surface area contributed by atoms with Crippen LogP contribution in [0.2, 0.25) is 0 Å². The van der Waals surface area contributed by atoms with Crippen LogP contribution in [0.4, 0.5) is 11.4 Å². The van der Waals surface area contributed by atoms with Crippen LogP contribution < -0.4 is 5.32 Å². The Morgan fingerprint density at radius 3 is 2.07 bits per heavy atom. The summed E-state index contributed by atoms with van der Waals surface area (Å²) in [5, 5.41) is 8.14. The highest BCUT2D eigenvalue weighted by molar-refractivity contribution is 6.18. The first-order chi connectivity index (χ1) is 14.9. The normalized spacial score (nSPS) is 11.3. The zero-order valence-electron chi connectivity index (χ0n) is 16.3. The lowest BCUT2D eigenvalue weighted by atomic mass is 10.0. The number of furan rings is 1. The van der Waals surface area contributed by atoms with Crippen LogP contribution >= 0.6 is 0 Å². The van der Waals surface area contributed by atoms with Gasteiger partial charge in [-0.05, 0) is 41.3 Å². The fraction of sp³-hybridized carbons (Fsp3) is 0. The van der Waals surface area contributed by atoms with Crippen LogP contribution in [0.3, 0.4) is 0 Å². The molecule has 0 amide bonds. The fourth-order valence-corrected chi connectivity index (χ4v) is 4.20. The molecule has 2 heteroatoms. The van der Waals surface area contributed by atoms with E-state index in [-0.39, 0.29) is 0 Å². The van der Waals surface area contributed by atoms with Crippen LogP contribution in [0.15, 0.2) is 114 Å². The van der Waals surface area contributed by atoms with Crippen molar-refractivity contribution in [1.82, 2.24) is 0 Å². The minimum Gasteiger partial charge on any atom is -0.455 e. The van der Waals surface area contributed by atoms with Crippen LogP contribution in [-0.4, -0.2) is 0 Å². The van der Waals surface area contributed by atoms with Gasteiger partial charge in [0.15, 0.2) is 0 Å². The molecule has 0 aliphatic heterocycles. The largest absolute Gasteiger partial charge is 0.455 e. The average Bonchev–Trinajstić information content (AvgIpc) is 3.19. The van der Waals surface area contributed by atoms with Gasteiger partial charge in [-0.1, -0.05) is 78.9 Å². The number of hydrogen-bond donors (Lipinski definition) is 1. The summed E-state index contributed by atoms with van der Waals surface area (Å²) in [6.07, 6.45) is 0. The molecule has 1 N–H and O–H groups in total. The van der Waals surface area contributed by atoms with Gasteiger partial charge < -0.3 is 9.73 Å². The summed E-state index contributed by atoms with van der Waals surface area (Å²) in [6, 6.07) is 37.8. The van der Waals surface area contributed by atoms with Gasteiger partial charge in [0.05, 0.1) is 0 Å². The molecule has 6 aromatic rings. The van der Waals surface area contributed by atoms with Gasteiger partial charge in [0.1, 0.15) is 11.2 Å². The van der Waals surface area contributed by atoms with Gasteiger partial charge in [-0.3, -0.25) is 0 Å². The van der Waals surface area contributed by atoms with Gasteiger partial charge in [0.2, 0.25) is 0 Å². The smallest absolute Gasteiger partial charge is 0.143 e. The van der Waals surface area contributed by atoms with Gasteiger partial charge in [-0.2, -0.15) is 0 Å². The molecule has 1 aromatic heterocycles. The average molecular weight is 385 g/mol. The maximum atomic E-state index is 6.53. The number of nitrogens with one attached hydrogen (secondary N) is 1. The molecule has 142 valence electrons. The maximum Gasteiger partial charge on any atom is 0.143 e. The van der Waals surface area contributed by atoms with E-state index in [9.17, 15) is 0 Å². The molecule has 0 bridgehead atoms. The van der Waals surface area contributed by atoms with Crippen LogP contribution in [-0.2, 0) is 0 Å². The Morgan fingerprint density at radius 1 is 0.500 bits per heavy atom. The molecule has 1 heterocycles. The molecule has 0 saturated heterocycles. The van der Waals surface area contributed by atoms with E-state index in [1.807, 2.05) is 24.3 Å². The maximum absolute atomic E-state index is 6.53. The van der Waals surface area contributed by atoms with Crippen molar-refractivity contribution >= 4 is 44.1 Å². The highest BCUT2D eigenvalue weighted by Gasteiger charge is 2.16. The Hall–Kier alpha value is -4.04. The van der Waals surface area contributed by atoms with Crippen molar-refractivity contribution in [1.29, 1.82) is 0 Å². The predicted molar refractivity (Wildman–Crippen MR) is 126 cm³/mol. The fourth-order valence-electron chi connectivity index (χ4n) is 4.20. The van der Waals surface area contributed by atoms with Crippen molar-refractivity contribution in [2.45, 2.75) is 0 Å². The molecule has 30 heavy (non-hydrogen) atoms. The number of para-hydroxylation sites is 1. The SMILES string of the molecule is c1ccc(Nc2cc(-c3ccccc3)c3oc4c5ccccc5ccc4c3c2)cc1. The zero-order chi connectivity index (χ0) is 19.9. The Kier molecular flexibility index (Phi) is 3.82. The third kappa shape index (κ3) is 2.73. The topological polar surface area (TPSA) is 25.2 Å². The molecule has 0 saturated carbocycles. The van der Waals surface area contributed by atoms with Crippen LogP contribution in [0.1, 0.15) is 0 Å². The summed E-state index contributed by atoms with van der Waals surface area (Å²) in [5.74, 6) is 0. The molecule has 0 atom stereocenters. The first-order valence-electron chi connectivity index (χ1n) is 10.1. The summed E-state index contributed by atoms with van der Waals surface area (Å²) in [4.78, 5) is 0. The van der Waals surface area contributed by atoms with E-state index >= 15 is 0 Å². The van der Waals surface area contributed by atoms with Crippen molar-refractivity contribution < 1.29 is 4.42 Å². The molecule has 5 aromatic carbocycles. The number of anilines is 2. The molecule has 6 rings (SSSR count). The Balaban J connectivity index is 1.67. The van der Waals surface area contributed by atoms with Gasteiger partial charge >= 0.3 is 0 Å². The molecular formula is C28H19NO. The quantitative estimate of drug-likeness (QED) is 0.332. The highest BCUT2D eigenvalue weighted by Crippen LogP contribution is 2.41. The molecule has 0 unspecified atom stereocenters. The summed E-state index contributed by atoms with van der Waals surface area (Å²) in [7, 11) is 0. The molecule has 0 radical (unpaired) electrons. The second-order valence-corrected chi connectivity index (χ2v) is 7.52. The second kappa shape index (κ2) is 6.78. The molecule has 0 fully saturated rings. The van der Waals surface area contributed by atoms with Crippen molar-refractivity contribution in [3.63, 3.8) is 0 Å². The van der Waals surface area contributed by atoms with E-state index in [1.165, 1.54) is 5.39 Å². The van der Waals surface area contributed by atoms with E-state index in [2.05, 4.69) is 90.2 Å². The Bertz CT molecular complexity index is 1500. The van der Waals surface area contributed by atoms with Crippen LogP contribution in [0, 0.1) is 0 Å². The third-order valence-electron chi connectivity index (χ3n) is 5.61. The van der Waals surface area contributed by atoms with Crippen LogP contribution in [0.25, 0.3) is 43.8 Å². The van der Waals surface area contributed by atoms with Gasteiger partial charge in [-0.25, -0.2) is 0 Å². The minimum atomic E-state index is 0.922. The van der Waals surface area contributed by atoms with E-state index in [0.717, 1.165) is 49.8 Å². The lowest BCUT2D eigenvalue weighted by molar-refractivity contribution is 0.674. The van der Waals surface area contributed by atoms with Gasteiger partial charge in [0.25, 0.3) is 0 Å². The van der Waals surface area contributed by atoms with Crippen molar-refractivity contribution in [2.24, 2.45) is 0 Å². The summed E-state index contributed by atoms with van der Waals surface area (Å²) in [5.41, 5.74) is 6.20. The summed E-state index contributed by atoms with van der Waals surface area (Å²) >= 11 is 0. The van der Waals surface area contributed by atoms with E-state index in [4.69, 9.17) is 4.42 Å². The zero-order valence-corrected chi connectivity index (χ0v) is 16.3. The first kappa shape index (κ1) is 16.9. The monoisotopic (exact) mass is 385 g/mol.